The van der Waals surface area contributed by atoms with Crippen LogP contribution in [0.3, 0.4) is 0 Å². The Hall–Kier alpha value is -3.00. The third kappa shape index (κ3) is 3.01. The van der Waals surface area contributed by atoms with Crippen LogP contribution in [0.4, 0.5) is 4.39 Å². The number of nitrogens with one attached hydrogen (secondary N) is 1. The number of carbonyl (C=O) groups is 1. The average molecular weight is 297 g/mol. The van der Waals surface area contributed by atoms with Crippen LogP contribution in [0.2, 0.25) is 0 Å². The van der Waals surface area contributed by atoms with Crippen LogP contribution >= 0.6 is 0 Å². The molecule has 0 unspecified atom stereocenters. The minimum absolute atomic E-state index is 0.127. The fourth-order valence-electron chi connectivity index (χ4n) is 1.97. The van der Waals surface area contributed by atoms with Gasteiger partial charge in [-0.3, -0.25) is 4.79 Å². The lowest BCUT2D eigenvalue weighted by Gasteiger charge is -2.02. The standard InChI is InChI=1S/C17H12FNO3/c18-14-6-2-1-4-12(14)5-3-9-19-17(20)13-7-8-15-16(10-13)22-11-21-15/h1-2,4,6-8,10H,9,11H2,(H,19,20). The topological polar surface area (TPSA) is 47.6 Å². The Morgan fingerprint density at radius 2 is 2.00 bits per heavy atom. The van der Waals surface area contributed by atoms with Crippen LogP contribution in [-0.2, 0) is 0 Å². The Morgan fingerprint density at radius 3 is 2.86 bits per heavy atom. The van der Waals surface area contributed by atoms with Crippen molar-refractivity contribution in [2.75, 3.05) is 13.3 Å². The molecular formula is C17H12FNO3. The first-order chi connectivity index (χ1) is 10.7. The van der Waals surface area contributed by atoms with Gasteiger partial charge in [0.25, 0.3) is 5.91 Å². The van der Waals surface area contributed by atoms with Crippen LogP contribution in [0.1, 0.15) is 15.9 Å². The fourth-order valence-corrected chi connectivity index (χ4v) is 1.97. The number of carbonyl (C=O) groups excluding carboxylic acids is 1. The summed E-state index contributed by atoms with van der Waals surface area (Å²) in [6, 6.07) is 11.2. The first-order valence-corrected chi connectivity index (χ1v) is 6.65. The Labute approximate surface area is 126 Å². The number of hydrogen-bond acceptors (Lipinski definition) is 3. The van der Waals surface area contributed by atoms with E-state index in [-0.39, 0.29) is 25.1 Å². The number of rotatable bonds is 2. The summed E-state index contributed by atoms with van der Waals surface area (Å²) in [4.78, 5) is 12.0. The number of hydrogen-bond donors (Lipinski definition) is 1. The molecule has 2 aromatic rings. The fraction of sp³-hybridized carbons (Fsp3) is 0.118. The van der Waals surface area contributed by atoms with Crippen LogP contribution in [0, 0.1) is 17.7 Å². The monoisotopic (exact) mass is 297 g/mol. The van der Waals surface area contributed by atoms with E-state index in [0.717, 1.165) is 0 Å². The minimum Gasteiger partial charge on any atom is -0.454 e. The molecule has 0 aliphatic carbocycles. The summed E-state index contributed by atoms with van der Waals surface area (Å²) in [5.41, 5.74) is 0.761. The number of fused-ring (bicyclic) bond motifs is 1. The van der Waals surface area contributed by atoms with Crippen LogP contribution in [0.15, 0.2) is 42.5 Å². The maximum Gasteiger partial charge on any atom is 0.252 e. The molecule has 2 aromatic carbocycles. The zero-order valence-electron chi connectivity index (χ0n) is 11.6. The second-order valence-corrected chi connectivity index (χ2v) is 4.53. The molecular weight excluding hydrogens is 285 g/mol. The first kappa shape index (κ1) is 14.0. The Morgan fingerprint density at radius 1 is 1.18 bits per heavy atom. The second kappa shape index (κ2) is 6.19. The summed E-state index contributed by atoms with van der Waals surface area (Å²) < 4.78 is 23.7. The maximum absolute atomic E-state index is 13.4. The average Bonchev–Trinajstić information content (AvgIpc) is 3.00. The van der Waals surface area contributed by atoms with Gasteiger partial charge < -0.3 is 14.8 Å². The lowest BCUT2D eigenvalue weighted by molar-refractivity contribution is 0.0958. The molecule has 0 bridgehead atoms. The van der Waals surface area contributed by atoms with E-state index in [0.29, 0.717) is 22.6 Å². The van der Waals surface area contributed by atoms with Crippen molar-refractivity contribution in [2.24, 2.45) is 0 Å². The van der Waals surface area contributed by atoms with Gasteiger partial charge in [-0.15, -0.1) is 0 Å². The lowest BCUT2D eigenvalue weighted by atomic mass is 10.2. The quantitative estimate of drug-likeness (QED) is 0.866. The molecule has 22 heavy (non-hydrogen) atoms. The van der Waals surface area contributed by atoms with Gasteiger partial charge in [0.1, 0.15) is 5.82 Å². The van der Waals surface area contributed by atoms with Gasteiger partial charge in [-0.1, -0.05) is 24.0 Å². The van der Waals surface area contributed by atoms with Crippen molar-refractivity contribution in [3.8, 4) is 23.3 Å². The normalized spacial score (nSPS) is 11.5. The van der Waals surface area contributed by atoms with E-state index in [9.17, 15) is 9.18 Å². The summed E-state index contributed by atoms with van der Waals surface area (Å²) in [7, 11) is 0. The van der Waals surface area contributed by atoms with Crippen LogP contribution in [0.5, 0.6) is 11.5 Å². The van der Waals surface area contributed by atoms with E-state index in [1.165, 1.54) is 6.07 Å². The molecule has 1 aliphatic heterocycles. The number of halogens is 1. The zero-order chi connectivity index (χ0) is 15.4. The first-order valence-electron chi connectivity index (χ1n) is 6.65. The molecule has 0 saturated heterocycles. The molecule has 1 N–H and O–H groups in total. The SMILES string of the molecule is O=C(NCC#Cc1ccccc1F)c1ccc2c(c1)OCO2. The number of amides is 1. The van der Waals surface area contributed by atoms with Gasteiger partial charge in [0.05, 0.1) is 12.1 Å². The molecule has 4 nitrogen and oxygen atoms in total. The van der Waals surface area contributed by atoms with Crippen molar-refractivity contribution in [2.45, 2.75) is 0 Å². The van der Waals surface area contributed by atoms with Gasteiger partial charge in [0.2, 0.25) is 6.79 Å². The van der Waals surface area contributed by atoms with Crippen molar-refractivity contribution < 1.29 is 18.7 Å². The highest BCUT2D eigenvalue weighted by Gasteiger charge is 2.15. The summed E-state index contributed by atoms with van der Waals surface area (Å²) in [5, 5.41) is 2.65. The van der Waals surface area contributed by atoms with Crippen molar-refractivity contribution >= 4 is 5.91 Å². The predicted molar refractivity (Wildman–Crippen MR) is 78.2 cm³/mol. The van der Waals surface area contributed by atoms with Crippen LogP contribution < -0.4 is 14.8 Å². The third-order valence-corrected chi connectivity index (χ3v) is 3.07. The second-order valence-electron chi connectivity index (χ2n) is 4.53. The smallest absolute Gasteiger partial charge is 0.252 e. The Balaban J connectivity index is 1.60. The molecule has 5 heteroatoms. The summed E-state index contributed by atoms with van der Waals surface area (Å²) in [6.07, 6.45) is 0. The highest BCUT2D eigenvalue weighted by molar-refractivity contribution is 5.95. The zero-order valence-corrected chi connectivity index (χ0v) is 11.6. The molecule has 110 valence electrons. The number of benzene rings is 2. The van der Waals surface area contributed by atoms with Crippen molar-refractivity contribution in [1.29, 1.82) is 0 Å². The molecule has 0 fully saturated rings. The molecule has 1 heterocycles. The highest BCUT2D eigenvalue weighted by Crippen LogP contribution is 2.32. The summed E-state index contributed by atoms with van der Waals surface area (Å²) >= 11 is 0. The van der Waals surface area contributed by atoms with Gasteiger partial charge in [0.15, 0.2) is 11.5 Å². The van der Waals surface area contributed by atoms with Gasteiger partial charge in [0, 0.05) is 5.56 Å². The predicted octanol–water partition coefficient (Wildman–Crippen LogP) is 2.34. The van der Waals surface area contributed by atoms with Gasteiger partial charge >= 0.3 is 0 Å². The van der Waals surface area contributed by atoms with E-state index in [1.54, 1.807) is 36.4 Å². The minimum atomic E-state index is -0.378. The molecule has 0 atom stereocenters. The highest BCUT2D eigenvalue weighted by atomic mass is 19.1. The van der Waals surface area contributed by atoms with Crippen molar-refractivity contribution in [3.05, 3.63) is 59.4 Å². The molecule has 0 spiro atoms. The Kier molecular flexibility index (Phi) is 3.92. The molecule has 0 aromatic heterocycles. The molecule has 0 saturated carbocycles. The maximum atomic E-state index is 13.4. The van der Waals surface area contributed by atoms with Crippen molar-refractivity contribution in [3.63, 3.8) is 0 Å². The van der Waals surface area contributed by atoms with Crippen LogP contribution in [-0.4, -0.2) is 19.2 Å². The van der Waals surface area contributed by atoms with Gasteiger partial charge in [-0.25, -0.2) is 4.39 Å². The van der Waals surface area contributed by atoms with E-state index in [2.05, 4.69) is 17.2 Å². The van der Waals surface area contributed by atoms with Crippen LogP contribution in [0.25, 0.3) is 0 Å². The molecule has 3 rings (SSSR count). The number of ether oxygens (including phenoxy) is 2. The van der Waals surface area contributed by atoms with E-state index in [1.807, 2.05) is 0 Å². The van der Waals surface area contributed by atoms with Gasteiger partial charge in [-0.2, -0.15) is 0 Å². The van der Waals surface area contributed by atoms with E-state index in [4.69, 9.17) is 9.47 Å². The largest absolute Gasteiger partial charge is 0.454 e. The van der Waals surface area contributed by atoms with Gasteiger partial charge in [-0.05, 0) is 30.3 Å². The molecule has 1 aliphatic rings. The molecule has 1 amide bonds. The van der Waals surface area contributed by atoms with E-state index >= 15 is 0 Å². The summed E-state index contributed by atoms with van der Waals surface area (Å²) in [5.74, 6) is 5.91. The Bertz CT molecular complexity index is 777. The van der Waals surface area contributed by atoms with E-state index < -0.39 is 0 Å². The lowest BCUT2D eigenvalue weighted by Crippen LogP contribution is -2.23. The van der Waals surface area contributed by atoms with Crippen molar-refractivity contribution in [1.82, 2.24) is 5.32 Å². The molecule has 0 radical (unpaired) electrons. The summed E-state index contributed by atoms with van der Waals surface area (Å²) in [6.45, 7) is 0.288. The third-order valence-electron chi connectivity index (χ3n) is 3.07.